The molecule has 0 saturated heterocycles. The Morgan fingerprint density at radius 3 is 2.65 bits per heavy atom. The van der Waals surface area contributed by atoms with Crippen LogP contribution in [0.5, 0.6) is 11.5 Å². The van der Waals surface area contributed by atoms with Gasteiger partial charge in [-0.3, -0.25) is 4.79 Å². The van der Waals surface area contributed by atoms with Crippen LogP contribution >= 0.6 is 11.8 Å². The number of hydrogen-bond donors (Lipinski definition) is 1. The second kappa shape index (κ2) is 7.92. The summed E-state index contributed by atoms with van der Waals surface area (Å²) < 4.78 is 11.2. The maximum absolute atomic E-state index is 12.1. The summed E-state index contributed by atoms with van der Waals surface area (Å²) in [6.07, 6.45) is -0.580. The molecule has 1 atom stereocenters. The molecule has 4 nitrogen and oxygen atoms in total. The van der Waals surface area contributed by atoms with Gasteiger partial charge in [-0.25, -0.2) is 0 Å². The van der Waals surface area contributed by atoms with Crippen molar-refractivity contribution in [3.8, 4) is 11.5 Å². The number of nitrogens with one attached hydrogen (secondary N) is 1. The predicted molar refractivity (Wildman–Crippen MR) is 92.0 cm³/mol. The van der Waals surface area contributed by atoms with Crippen LogP contribution in [0, 0.1) is 0 Å². The summed E-state index contributed by atoms with van der Waals surface area (Å²) in [5.74, 6) is 3.00. The van der Waals surface area contributed by atoms with E-state index >= 15 is 0 Å². The lowest BCUT2D eigenvalue weighted by molar-refractivity contribution is -0.130. The zero-order valence-corrected chi connectivity index (χ0v) is 13.6. The van der Waals surface area contributed by atoms with Gasteiger partial charge in [0.1, 0.15) is 6.61 Å². The number of carbonyl (C=O) groups is 1. The number of para-hydroxylation sites is 2. The Kier molecular flexibility index (Phi) is 5.42. The molecular formula is C18H19NO3S. The lowest BCUT2D eigenvalue weighted by atomic mass is 10.2. The molecular weight excluding hydrogens is 310 g/mol. The van der Waals surface area contributed by atoms with Crippen molar-refractivity contribution in [3.63, 3.8) is 0 Å². The summed E-state index contributed by atoms with van der Waals surface area (Å²) in [5.41, 5.74) is 1.30. The third kappa shape index (κ3) is 4.42. The Morgan fingerprint density at radius 1 is 1.09 bits per heavy atom. The number of rotatable bonds is 6. The zero-order chi connectivity index (χ0) is 15.9. The van der Waals surface area contributed by atoms with Crippen molar-refractivity contribution >= 4 is 17.7 Å². The number of benzene rings is 2. The van der Waals surface area contributed by atoms with Crippen LogP contribution in [0.1, 0.15) is 5.56 Å². The highest BCUT2D eigenvalue weighted by Gasteiger charge is 2.26. The van der Waals surface area contributed by atoms with Gasteiger partial charge < -0.3 is 14.8 Å². The quantitative estimate of drug-likeness (QED) is 0.828. The fraction of sp³-hybridized carbons (Fsp3) is 0.278. The van der Waals surface area contributed by atoms with Crippen LogP contribution in [0.3, 0.4) is 0 Å². The molecule has 0 fully saturated rings. The highest BCUT2D eigenvalue weighted by atomic mass is 32.2. The molecule has 0 bridgehead atoms. The first kappa shape index (κ1) is 15.7. The fourth-order valence-corrected chi connectivity index (χ4v) is 3.09. The fourth-order valence-electron chi connectivity index (χ4n) is 2.27. The van der Waals surface area contributed by atoms with E-state index in [1.807, 2.05) is 42.5 Å². The first-order valence-corrected chi connectivity index (χ1v) is 8.76. The number of hydrogen-bond acceptors (Lipinski definition) is 4. The Balaban J connectivity index is 1.37. The van der Waals surface area contributed by atoms with Gasteiger partial charge in [0.15, 0.2) is 11.5 Å². The molecule has 5 heteroatoms. The van der Waals surface area contributed by atoms with Crippen molar-refractivity contribution in [1.82, 2.24) is 5.32 Å². The highest BCUT2D eigenvalue weighted by Crippen LogP contribution is 2.30. The third-order valence-electron chi connectivity index (χ3n) is 3.46. The van der Waals surface area contributed by atoms with E-state index in [4.69, 9.17) is 9.47 Å². The van der Waals surface area contributed by atoms with Crippen LogP contribution in [-0.4, -0.2) is 30.9 Å². The van der Waals surface area contributed by atoms with Crippen molar-refractivity contribution in [3.05, 3.63) is 60.2 Å². The minimum atomic E-state index is -0.580. The molecule has 1 heterocycles. The summed E-state index contributed by atoms with van der Waals surface area (Å²) in [7, 11) is 0. The Labute approximate surface area is 140 Å². The molecule has 0 saturated carbocycles. The molecule has 0 unspecified atom stereocenters. The van der Waals surface area contributed by atoms with Crippen LogP contribution in [0.25, 0.3) is 0 Å². The minimum absolute atomic E-state index is 0.125. The summed E-state index contributed by atoms with van der Waals surface area (Å²) in [5, 5.41) is 2.90. The normalized spacial score (nSPS) is 15.9. The molecule has 0 radical (unpaired) electrons. The zero-order valence-electron chi connectivity index (χ0n) is 12.7. The first-order chi connectivity index (χ1) is 11.3. The lowest BCUT2D eigenvalue weighted by Gasteiger charge is -2.25. The van der Waals surface area contributed by atoms with Gasteiger partial charge >= 0.3 is 0 Å². The topological polar surface area (TPSA) is 47.6 Å². The molecule has 1 amide bonds. The Bertz CT molecular complexity index is 648. The molecule has 0 aliphatic carbocycles. The summed E-state index contributed by atoms with van der Waals surface area (Å²) in [6, 6.07) is 17.7. The van der Waals surface area contributed by atoms with E-state index < -0.39 is 6.10 Å². The van der Waals surface area contributed by atoms with E-state index in [0.717, 1.165) is 11.5 Å². The number of thioether (sulfide) groups is 1. The number of amides is 1. The number of carbonyl (C=O) groups excluding carboxylic acids is 1. The van der Waals surface area contributed by atoms with Crippen LogP contribution < -0.4 is 14.8 Å². The molecule has 23 heavy (non-hydrogen) atoms. The Hall–Kier alpha value is -2.14. The highest BCUT2D eigenvalue weighted by molar-refractivity contribution is 7.98. The average Bonchev–Trinajstić information content (AvgIpc) is 2.61. The second-order valence-electron chi connectivity index (χ2n) is 5.19. The van der Waals surface area contributed by atoms with Gasteiger partial charge in [-0.1, -0.05) is 42.5 Å². The number of fused-ring (bicyclic) bond motifs is 1. The molecule has 0 aromatic heterocycles. The lowest BCUT2D eigenvalue weighted by Crippen LogP contribution is -2.44. The third-order valence-corrected chi connectivity index (χ3v) is 4.49. The summed E-state index contributed by atoms with van der Waals surface area (Å²) >= 11 is 1.80. The molecule has 1 N–H and O–H groups in total. The van der Waals surface area contributed by atoms with Crippen LogP contribution in [-0.2, 0) is 10.5 Å². The first-order valence-electron chi connectivity index (χ1n) is 7.61. The van der Waals surface area contributed by atoms with Crippen molar-refractivity contribution in [2.45, 2.75) is 11.9 Å². The molecule has 0 spiro atoms. The summed E-state index contributed by atoms with van der Waals surface area (Å²) in [6.45, 7) is 0.873. The maximum Gasteiger partial charge on any atom is 0.264 e. The largest absolute Gasteiger partial charge is 0.485 e. The molecule has 120 valence electrons. The second-order valence-corrected chi connectivity index (χ2v) is 6.30. The molecule has 3 rings (SSSR count). The van der Waals surface area contributed by atoms with Crippen LogP contribution in [0.4, 0.5) is 0 Å². The summed E-state index contributed by atoms with van der Waals surface area (Å²) in [4.78, 5) is 12.1. The van der Waals surface area contributed by atoms with E-state index in [0.29, 0.717) is 18.0 Å². The van der Waals surface area contributed by atoms with E-state index in [1.54, 1.807) is 11.8 Å². The van der Waals surface area contributed by atoms with Gasteiger partial charge in [-0.15, -0.1) is 0 Å². The van der Waals surface area contributed by atoms with Gasteiger partial charge in [0, 0.05) is 18.1 Å². The predicted octanol–water partition coefficient (Wildman–Crippen LogP) is 2.88. The standard InChI is InChI=1S/C18H19NO3S/c20-18(17-12-21-15-8-4-5-9-16(15)22-17)19-10-11-23-13-14-6-2-1-3-7-14/h1-9,17H,10-13H2,(H,19,20)/t17-/m0/s1. The van der Waals surface area contributed by atoms with E-state index in [9.17, 15) is 4.79 Å². The SMILES string of the molecule is O=C(NCCSCc1ccccc1)[C@@H]1COc2ccccc2O1. The average molecular weight is 329 g/mol. The smallest absolute Gasteiger partial charge is 0.264 e. The van der Waals surface area contributed by atoms with Crippen LogP contribution in [0.15, 0.2) is 54.6 Å². The monoisotopic (exact) mass is 329 g/mol. The van der Waals surface area contributed by atoms with Crippen molar-refractivity contribution < 1.29 is 14.3 Å². The van der Waals surface area contributed by atoms with Gasteiger partial charge in [0.2, 0.25) is 6.10 Å². The van der Waals surface area contributed by atoms with Crippen molar-refractivity contribution in [2.75, 3.05) is 18.9 Å². The maximum atomic E-state index is 12.1. The van der Waals surface area contributed by atoms with E-state index in [2.05, 4.69) is 17.4 Å². The minimum Gasteiger partial charge on any atom is -0.485 e. The number of ether oxygens (including phenoxy) is 2. The van der Waals surface area contributed by atoms with Crippen LogP contribution in [0.2, 0.25) is 0 Å². The molecule has 1 aliphatic rings. The van der Waals surface area contributed by atoms with Gasteiger partial charge in [0.05, 0.1) is 0 Å². The van der Waals surface area contributed by atoms with E-state index in [-0.39, 0.29) is 12.5 Å². The molecule has 2 aromatic carbocycles. The van der Waals surface area contributed by atoms with Crippen molar-refractivity contribution in [2.24, 2.45) is 0 Å². The Morgan fingerprint density at radius 2 is 1.83 bits per heavy atom. The molecule has 2 aromatic rings. The van der Waals surface area contributed by atoms with Crippen molar-refractivity contribution in [1.29, 1.82) is 0 Å². The van der Waals surface area contributed by atoms with E-state index in [1.165, 1.54) is 5.56 Å². The van der Waals surface area contributed by atoms with Gasteiger partial charge in [-0.05, 0) is 17.7 Å². The molecule has 1 aliphatic heterocycles. The van der Waals surface area contributed by atoms with Gasteiger partial charge in [-0.2, -0.15) is 11.8 Å². The van der Waals surface area contributed by atoms with Gasteiger partial charge in [0.25, 0.3) is 5.91 Å².